The van der Waals surface area contributed by atoms with Crippen molar-refractivity contribution in [2.45, 2.75) is 13.3 Å². The third-order valence-electron chi connectivity index (χ3n) is 1.77. The first kappa shape index (κ1) is 7.98. The minimum absolute atomic E-state index is 0.709. The van der Waals surface area contributed by atoms with E-state index in [4.69, 9.17) is 4.42 Å². The van der Waals surface area contributed by atoms with Gasteiger partial charge in [0.25, 0.3) is 0 Å². The molecule has 0 aromatic carbocycles. The highest BCUT2D eigenvalue weighted by Crippen LogP contribution is 2.06. The summed E-state index contributed by atoms with van der Waals surface area (Å²) >= 11 is 0. The van der Waals surface area contributed by atoms with Gasteiger partial charge in [-0.25, -0.2) is 0 Å². The fourth-order valence-electron chi connectivity index (χ4n) is 1.10. The predicted molar refractivity (Wildman–Crippen MR) is 48.3 cm³/mol. The summed E-state index contributed by atoms with van der Waals surface area (Å²) < 4.78 is 5.20. The number of aromatic nitrogens is 2. The molecule has 0 aliphatic carbocycles. The fraction of sp³-hybridized carbons (Fsp3) is 0.200. The molecule has 0 saturated heterocycles. The molecule has 0 aliphatic rings. The molecule has 2 aromatic rings. The third-order valence-corrected chi connectivity index (χ3v) is 1.77. The SMILES string of the molecule is Cc1cnc(Cc2ccco2)cn1. The van der Waals surface area contributed by atoms with Crippen molar-refractivity contribution in [2.24, 2.45) is 0 Å². The van der Waals surface area contributed by atoms with E-state index in [1.54, 1.807) is 18.7 Å². The Morgan fingerprint density at radius 1 is 1.31 bits per heavy atom. The first-order valence-corrected chi connectivity index (χ1v) is 4.14. The number of hydrogen-bond donors (Lipinski definition) is 0. The van der Waals surface area contributed by atoms with Crippen molar-refractivity contribution in [1.29, 1.82) is 0 Å². The molecule has 0 amide bonds. The van der Waals surface area contributed by atoms with Crippen molar-refractivity contribution in [3.63, 3.8) is 0 Å². The maximum Gasteiger partial charge on any atom is 0.109 e. The highest BCUT2D eigenvalue weighted by molar-refractivity contribution is 5.10. The minimum Gasteiger partial charge on any atom is -0.469 e. The van der Waals surface area contributed by atoms with Gasteiger partial charge in [-0.3, -0.25) is 9.97 Å². The van der Waals surface area contributed by atoms with E-state index in [0.717, 1.165) is 17.1 Å². The van der Waals surface area contributed by atoms with E-state index in [1.807, 2.05) is 19.1 Å². The average molecular weight is 174 g/mol. The molecule has 0 spiro atoms. The quantitative estimate of drug-likeness (QED) is 0.698. The largest absolute Gasteiger partial charge is 0.469 e. The molecule has 0 N–H and O–H groups in total. The lowest BCUT2D eigenvalue weighted by atomic mass is 10.2. The second-order valence-corrected chi connectivity index (χ2v) is 2.91. The Hall–Kier alpha value is -1.64. The van der Waals surface area contributed by atoms with Crippen LogP contribution in [-0.2, 0) is 6.42 Å². The number of furan rings is 1. The van der Waals surface area contributed by atoms with Crippen LogP contribution in [0.15, 0.2) is 35.2 Å². The van der Waals surface area contributed by atoms with Crippen molar-refractivity contribution >= 4 is 0 Å². The number of nitrogens with zero attached hydrogens (tertiary/aromatic N) is 2. The van der Waals surface area contributed by atoms with Crippen molar-refractivity contribution < 1.29 is 4.42 Å². The van der Waals surface area contributed by atoms with Gasteiger partial charge in [0.1, 0.15) is 5.76 Å². The zero-order valence-corrected chi connectivity index (χ0v) is 7.40. The Bertz CT molecular complexity index is 364. The van der Waals surface area contributed by atoms with Gasteiger partial charge in [0.15, 0.2) is 0 Å². The summed E-state index contributed by atoms with van der Waals surface area (Å²) in [5.74, 6) is 0.915. The summed E-state index contributed by atoms with van der Waals surface area (Å²) in [7, 11) is 0. The van der Waals surface area contributed by atoms with Crippen LogP contribution in [-0.4, -0.2) is 9.97 Å². The van der Waals surface area contributed by atoms with Crippen molar-refractivity contribution in [3.05, 3.63) is 47.9 Å². The van der Waals surface area contributed by atoms with Gasteiger partial charge in [0, 0.05) is 18.8 Å². The van der Waals surface area contributed by atoms with Gasteiger partial charge in [-0.1, -0.05) is 0 Å². The van der Waals surface area contributed by atoms with Gasteiger partial charge < -0.3 is 4.42 Å². The Balaban J connectivity index is 2.15. The Morgan fingerprint density at radius 3 is 2.85 bits per heavy atom. The zero-order valence-electron chi connectivity index (χ0n) is 7.40. The summed E-state index contributed by atoms with van der Waals surface area (Å²) in [6, 6.07) is 3.80. The van der Waals surface area contributed by atoms with Crippen LogP contribution in [0.3, 0.4) is 0 Å². The molecule has 3 heteroatoms. The molecule has 3 nitrogen and oxygen atoms in total. The maximum atomic E-state index is 5.20. The molecule has 0 saturated carbocycles. The van der Waals surface area contributed by atoms with Crippen LogP contribution >= 0.6 is 0 Å². The first-order valence-electron chi connectivity index (χ1n) is 4.14. The van der Waals surface area contributed by atoms with E-state index >= 15 is 0 Å². The highest BCUT2D eigenvalue weighted by atomic mass is 16.3. The predicted octanol–water partition coefficient (Wildman–Crippen LogP) is 1.97. The Morgan fingerprint density at radius 2 is 2.23 bits per heavy atom. The summed E-state index contributed by atoms with van der Waals surface area (Å²) in [5.41, 5.74) is 1.86. The van der Waals surface area contributed by atoms with Crippen molar-refractivity contribution in [2.75, 3.05) is 0 Å². The van der Waals surface area contributed by atoms with Crippen LogP contribution in [0.25, 0.3) is 0 Å². The molecule has 2 aromatic heterocycles. The van der Waals surface area contributed by atoms with E-state index in [0.29, 0.717) is 6.42 Å². The molecule has 66 valence electrons. The third kappa shape index (κ3) is 1.93. The number of aryl methyl sites for hydroxylation is 1. The molecular formula is C10H10N2O. The van der Waals surface area contributed by atoms with Crippen LogP contribution in [0.4, 0.5) is 0 Å². The molecule has 0 radical (unpaired) electrons. The molecule has 0 fully saturated rings. The first-order chi connectivity index (χ1) is 6.34. The average Bonchev–Trinajstić information content (AvgIpc) is 2.62. The molecule has 0 unspecified atom stereocenters. The van der Waals surface area contributed by atoms with Gasteiger partial charge in [-0.2, -0.15) is 0 Å². The smallest absolute Gasteiger partial charge is 0.109 e. The van der Waals surface area contributed by atoms with Gasteiger partial charge in [-0.05, 0) is 19.1 Å². The Kier molecular flexibility index (Phi) is 2.08. The van der Waals surface area contributed by atoms with Crippen LogP contribution in [0.5, 0.6) is 0 Å². The molecule has 2 rings (SSSR count). The molecule has 13 heavy (non-hydrogen) atoms. The van der Waals surface area contributed by atoms with E-state index in [9.17, 15) is 0 Å². The van der Waals surface area contributed by atoms with Crippen LogP contribution in [0.1, 0.15) is 17.1 Å². The molecular weight excluding hydrogens is 164 g/mol. The second-order valence-electron chi connectivity index (χ2n) is 2.91. The fourth-order valence-corrected chi connectivity index (χ4v) is 1.10. The maximum absolute atomic E-state index is 5.20. The van der Waals surface area contributed by atoms with Gasteiger partial charge in [-0.15, -0.1) is 0 Å². The lowest BCUT2D eigenvalue weighted by Gasteiger charge is -1.96. The summed E-state index contributed by atoms with van der Waals surface area (Å²) in [6.07, 6.45) is 5.91. The Labute approximate surface area is 76.5 Å². The minimum atomic E-state index is 0.709. The van der Waals surface area contributed by atoms with Crippen LogP contribution < -0.4 is 0 Å². The van der Waals surface area contributed by atoms with Crippen LogP contribution in [0, 0.1) is 6.92 Å². The topological polar surface area (TPSA) is 38.9 Å². The van der Waals surface area contributed by atoms with E-state index in [1.165, 1.54) is 0 Å². The number of hydrogen-bond acceptors (Lipinski definition) is 3. The van der Waals surface area contributed by atoms with Gasteiger partial charge in [0.05, 0.1) is 17.7 Å². The molecule has 0 aliphatic heterocycles. The van der Waals surface area contributed by atoms with Gasteiger partial charge >= 0.3 is 0 Å². The van der Waals surface area contributed by atoms with Crippen LogP contribution in [0.2, 0.25) is 0 Å². The van der Waals surface area contributed by atoms with E-state index in [2.05, 4.69) is 9.97 Å². The highest BCUT2D eigenvalue weighted by Gasteiger charge is 1.99. The second kappa shape index (κ2) is 3.39. The van der Waals surface area contributed by atoms with Crippen molar-refractivity contribution in [1.82, 2.24) is 9.97 Å². The van der Waals surface area contributed by atoms with Gasteiger partial charge in [0.2, 0.25) is 0 Å². The summed E-state index contributed by atoms with van der Waals surface area (Å²) in [4.78, 5) is 8.39. The molecule has 2 heterocycles. The van der Waals surface area contributed by atoms with E-state index < -0.39 is 0 Å². The number of rotatable bonds is 2. The lowest BCUT2D eigenvalue weighted by Crippen LogP contribution is -1.92. The zero-order chi connectivity index (χ0) is 9.10. The monoisotopic (exact) mass is 174 g/mol. The summed E-state index contributed by atoms with van der Waals surface area (Å²) in [5, 5.41) is 0. The van der Waals surface area contributed by atoms with E-state index in [-0.39, 0.29) is 0 Å². The molecule has 0 bridgehead atoms. The standard InChI is InChI=1S/C10H10N2O/c1-8-6-12-9(7-11-8)5-10-3-2-4-13-10/h2-4,6-7H,5H2,1H3. The van der Waals surface area contributed by atoms with Crippen molar-refractivity contribution in [3.8, 4) is 0 Å². The molecule has 0 atom stereocenters. The normalized spacial score (nSPS) is 10.2. The lowest BCUT2D eigenvalue weighted by molar-refractivity contribution is 0.519. The summed E-state index contributed by atoms with van der Waals surface area (Å²) in [6.45, 7) is 1.92.